The number of methoxy groups -OCH3 is 2. The number of benzene rings is 1. The Balaban J connectivity index is 2.55. The fourth-order valence-corrected chi connectivity index (χ4v) is 3.16. The SMILES string of the molecule is COc1c(SC)ccc(C2(C(C)N)CC2)c1OC. The summed E-state index contributed by atoms with van der Waals surface area (Å²) in [5.74, 6) is 1.67. The van der Waals surface area contributed by atoms with Gasteiger partial charge in [-0.25, -0.2) is 0 Å². The molecule has 1 atom stereocenters. The molecule has 100 valence electrons. The van der Waals surface area contributed by atoms with Gasteiger partial charge in [-0.2, -0.15) is 0 Å². The predicted octanol–water partition coefficient (Wildman–Crippen LogP) is 2.80. The standard InChI is InChI=1S/C14H21NO2S/c1-9(15)14(7-8-14)10-5-6-11(18-4)13(17-3)12(10)16-2/h5-6,9H,7-8,15H2,1-4H3. The molecule has 4 heteroatoms. The molecule has 0 radical (unpaired) electrons. The summed E-state index contributed by atoms with van der Waals surface area (Å²) in [5, 5.41) is 0. The summed E-state index contributed by atoms with van der Waals surface area (Å²) in [4.78, 5) is 1.10. The number of rotatable bonds is 5. The van der Waals surface area contributed by atoms with Crippen LogP contribution in [0.5, 0.6) is 11.5 Å². The maximum absolute atomic E-state index is 6.15. The van der Waals surface area contributed by atoms with Crippen molar-refractivity contribution in [1.29, 1.82) is 0 Å². The predicted molar refractivity (Wildman–Crippen MR) is 75.9 cm³/mol. The second-order valence-corrected chi connectivity index (χ2v) is 5.67. The van der Waals surface area contributed by atoms with Crippen LogP contribution in [0.15, 0.2) is 17.0 Å². The minimum absolute atomic E-state index is 0.0789. The third-order valence-corrected chi connectivity index (χ3v) is 4.66. The minimum Gasteiger partial charge on any atom is -0.493 e. The van der Waals surface area contributed by atoms with Crippen LogP contribution in [-0.4, -0.2) is 26.5 Å². The average molecular weight is 267 g/mol. The second-order valence-electron chi connectivity index (χ2n) is 4.83. The van der Waals surface area contributed by atoms with Crippen molar-refractivity contribution in [3.63, 3.8) is 0 Å². The Kier molecular flexibility index (Phi) is 3.78. The van der Waals surface area contributed by atoms with Gasteiger partial charge in [0.25, 0.3) is 0 Å². The Bertz CT molecular complexity index is 442. The van der Waals surface area contributed by atoms with E-state index in [4.69, 9.17) is 15.2 Å². The molecule has 3 nitrogen and oxygen atoms in total. The van der Waals surface area contributed by atoms with Gasteiger partial charge < -0.3 is 15.2 Å². The fourth-order valence-electron chi connectivity index (χ4n) is 2.60. The van der Waals surface area contributed by atoms with E-state index in [1.165, 1.54) is 5.56 Å². The molecule has 0 aliphatic heterocycles. The summed E-state index contributed by atoms with van der Waals surface area (Å²) in [6.45, 7) is 2.07. The topological polar surface area (TPSA) is 44.5 Å². The molecule has 1 aromatic carbocycles. The fraction of sp³-hybridized carbons (Fsp3) is 0.571. The molecular weight excluding hydrogens is 246 g/mol. The summed E-state index contributed by atoms with van der Waals surface area (Å²) in [7, 11) is 3.38. The van der Waals surface area contributed by atoms with Gasteiger partial charge in [0.1, 0.15) is 0 Å². The zero-order chi connectivity index (χ0) is 13.3. The highest BCUT2D eigenvalue weighted by atomic mass is 32.2. The number of nitrogens with two attached hydrogens (primary N) is 1. The Morgan fingerprint density at radius 1 is 1.22 bits per heavy atom. The molecule has 2 rings (SSSR count). The smallest absolute Gasteiger partial charge is 0.174 e. The van der Waals surface area contributed by atoms with E-state index >= 15 is 0 Å². The van der Waals surface area contributed by atoms with Crippen LogP contribution in [0.2, 0.25) is 0 Å². The van der Waals surface area contributed by atoms with E-state index in [9.17, 15) is 0 Å². The third kappa shape index (κ3) is 1.97. The van der Waals surface area contributed by atoms with Gasteiger partial charge >= 0.3 is 0 Å². The van der Waals surface area contributed by atoms with Crippen molar-refractivity contribution < 1.29 is 9.47 Å². The lowest BCUT2D eigenvalue weighted by atomic mass is 9.88. The summed E-state index contributed by atoms with van der Waals surface area (Å²) < 4.78 is 11.1. The molecule has 0 spiro atoms. The molecule has 18 heavy (non-hydrogen) atoms. The molecule has 2 N–H and O–H groups in total. The molecule has 1 aliphatic rings. The van der Waals surface area contributed by atoms with Gasteiger partial charge in [0.15, 0.2) is 11.5 Å². The molecule has 1 unspecified atom stereocenters. The van der Waals surface area contributed by atoms with Gasteiger partial charge in [-0.05, 0) is 32.1 Å². The van der Waals surface area contributed by atoms with Gasteiger partial charge in [0.05, 0.1) is 19.1 Å². The lowest BCUT2D eigenvalue weighted by Gasteiger charge is -2.24. The summed E-state index contributed by atoms with van der Waals surface area (Å²) in [6, 6.07) is 4.38. The normalized spacial score (nSPS) is 18.3. The molecule has 0 saturated heterocycles. The second kappa shape index (κ2) is 5.02. The Morgan fingerprint density at radius 2 is 1.83 bits per heavy atom. The largest absolute Gasteiger partial charge is 0.493 e. The zero-order valence-corrected chi connectivity index (χ0v) is 12.3. The van der Waals surface area contributed by atoms with Gasteiger partial charge in [-0.1, -0.05) is 6.07 Å². The molecular formula is C14H21NO2S. The van der Waals surface area contributed by atoms with Crippen molar-refractivity contribution >= 4 is 11.8 Å². The van der Waals surface area contributed by atoms with Crippen LogP contribution >= 0.6 is 11.8 Å². The van der Waals surface area contributed by atoms with E-state index in [2.05, 4.69) is 19.1 Å². The van der Waals surface area contributed by atoms with Crippen molar-refractivity contribution in [1.82, 2.24) is 0 Å². The average Bonchev–Trinajstić information content (AvgIpc) is 3.18. The molecule has 0 heterocycles. The van der Waals surface area contributed by atoms with Gasteiger partial charge in [-0.15, -0.1) is 11.8 Å². The van der Waals surface area contributed by atoms with Crippen molar-refractivity contribution in [2.24, 2.45) is 5.73 Å². The highest BCUT2D eigenvalue weighted by Gasteiger charge is 2.49. The highest BCUT2D eigenvalue weighted by Crippen LogP contribution is 2.56. The van der Waals surface area contributed by atoms with Gasteiger partial charge in [0.2, 0.25) is 0 Å². The van der Waals surface area contributed by atoms with Crippen LogP contribution < -0.4 is 15.2 Å². The highest BCUT2D eigenvalue weighted by molar-refractivity contribution is 7.98. The Labute approximate surface area is 113 Å². The van der Waals surface area contributed by atoms with Crippen LogP contribution in [0, 0.1) is 0 Å². The van der Waals surface area contributed by atoms with Crippen LogP contribution in [0.1, 0.15) is 25.3 Å². The number of hydrogen-bond donors (Lipinski definition) is 1. The monoisotopic (exact) mass is 267 g/mol. The van der Waals surface area contributed by atoms with Crippen LogP contribution in [0.4, 0.5) is 0 Å². The van der Waals surface area contributed by atoms with Gasteiger partial charge in [-0.3, -0.25) is 0 Å². The first-order valence-electron chi connectivity index (χ1n) is 6.15. The Morgan fingerprint density at radius 3 is 2.22 bits per heavy atom. The zero-order valence-electron chi connectivity index (χ0n) is 11.4. The molecule has 0 aromatic heterocycles. The summed E-state index contributed by atoms with van der Waals surface area (Å²) in [6.07, 6.45) is 4.29. The maximum atomic E-state index is 6.15. The first-order chi connectivity index (χ1) is 8.60. The number of hydrogen-bond acceptors (Lipinski definition) is 4. The maximum Gasteiger partial charge on any atom is 0.174 e. The lowest BCUT2D eigenvalue weighted by molar-refractivity contribution is 0.339. The molecule has 1 fully saturated rings. The lowest BCUT2D eigenvalue weighted by Crippen LogP contribution is -2.32. The quantitative estimate of drug-likeness (QED) is 0.833. The van der Waals surface area contributed by atoms with Crippen LogP contribution in [0.25, 0.3) is 0 Å². The molecule has 0 bridgehead atoms. The first kappa shape index (κ1) is 13.6. The van der Waals surface area contributed by atoms with Crippen molar-refractivity contribution in [2.45, 2.75) is 36.1 Å². The third-order valence-electron chi connectivity index (χ3n) is 3.90. The minimum atomic E-state index is 0.0789. The van der Waals surface area contributed by atoms with E-state index in [-0.39, 0.29) is 11.5 Å². The number of thioether (sulfide) groups is 1. The van der Waals surface area contributed by atoms with E-state index < -0.39 is 0 Å². The molecule has 0 amide bonds. The van der Waals surface area contributed by atoms with E-state index in [1.807, 2.05) is 6.26 Å². The van der Waals surface area contributed by atoms with E-state index in [0.717, 1.165) is 29.2 Å². The van der Waals surface area contributed by atoms with Gasteiger partial charge in [0, 0.05) is 17.0 Å². The summed E-state index contributed by atoms with van der Waals surface area (Å²) in [5.41, 5.74) is 7.42. The Hall–Kier alpha value is -0.870. The van der Waals surface area contributed by atoms with Crippen LogP contribution in [-0.2, 0) is 5.41 Å². The van der Waals surface area contributed by atoms with E-state index in [0.29, 0.717) is 0 Å². The van der Waals surface area contributed by atoms with E-state index in [1.54, 1.807) is 26.0 Å². The summed E-state index contributed by atoms with van der Waals surface area (Å²) >= 11 is 1.66. The molecule has 1 aromatic rings. The molecule has 1 saturated carbocycles. The van der Waals surface area contributed by atoms with Crippen molar-refractivity contribution in [3.8, 4) is 11.5 Å². The van der Waals surface area contributed by atoms with Crippen LogP contribution in [0.3, 0.4) is 0 Å². The molecule has 1 aliphatic carbocycles. The van der Waals surface area contributed by atoms with Crippen molar-refractivity contribution in [3.05, 3.63) is 17.7 Å². The number of ether oxygens (including phenoxy) is 2. The first-order valence-corrected chi connectivity index (χ1v) is 7.38. The van der Waals surface area contributed by atoms with Crippen molar-refractivity contribution in [2.75, 3.05) is 20.5 Å².